The molecule has 0 fully saturated rings. The summed E-state index contributed by atoms with van der Waals surface area (Å²) in [6.07, 6.45) is 24.5. The summed E-state index contributed by atoms with van der Waals surface area (Å²) in [5.41, 5.74) is 20.7. The minimum atomic E-state index is 0.543. The van der Waals surface area contributed by atoms with E-state index in [1.165, 1.54) is 115 Å². The Labute approximate surface area is 311 Å². The summed E-state index contributed by atoms with van der Waals surface area (Å²) < 4.78 is 0. The largest absolute Gasteiger partial charge is 0.0976 e. The van der Waals surface area contributed by atoms with Crippen LogP contribution in [-0.4, -0.2) is 0 Å². The Kier molecular flexibility index (Phi) is 12.8. The normalized spacial score (nSPS) is 17.0. The lowest BCUT2D eigenvalue weighted by Crippen LogP contribution is -2.14. The Morgan fingerprint density at radius 3 is 2.53 bits per heavy atom. The molecule has 6 rings (SSSR count). The molecule has 2 atom stereocenters. The molecule has 0 bridgehead atoms. The van der Waals surface area contributed by atoms with Crippen molar-refractivity contribution < 1.29 is 0 Å². The van der Waals surface area contributed by atoms with E-state index in [1.807, 2.05) is 0 Å². The highest BCUT2D eigenvalue weighted by molar-refractivity contribution is 5.65. The van der Waals surface area contributed by atoms with Gasteiger partial charge in [0.25, 0.3) is 0 Å². The minimum absolute atomic E-state index is 0.543. The van der Waals surface area contributed by atoms with Crippen LogP contribution in [0.5, 0.6) is 0 Å². The van der Waals surface area contributed by atoms with E-state index in [0.717, 1.165) is 32.1 Å². The van der Waals surface area contributed by atoms with Crippen LogP contribution in [0.1, 0.15) is 154 Å². The molecule has 3 aliphatic carbocycles. The first-order chi connectivity index (χ1) is 24.8. The predicted octanol–water partition coefficient (Wildman–Crippen LogP) is 13.9. The van der Waals surface area contributed by atoms with Crippen LogP contribution >= 0.6 is 0 Å². The number of unbranched alkanes of at least 4 members (excludes halogenated alkanes) is 4. The summed E-state index contributed by atoms with van der Waals surface area (Å²) in [5.74, 6) is 8.16. The molecule has 3 aromatic rings. The molecular weight excluding hydrogens is 613 g/mol. The highest BCUT2D eigenvalue weighted by atomic mass is 14.3. The van der Waals surface area contributed by atoms with Gasteiger partial charge in [0.1, 0.15) is 0 Å². The van der Waals surface area contributed by atoms with E-state index < -0.39 is 0 Å². The van der Waals surface area contributed by atoms with Gasteiger partial charge in [-0.15, -0.1) is 0 Å². The molecule has 0 N–H and O–H groups in total. The highest BCUT2D eigenvalue weighted by Gasteiger charge is 2.29. The van der Waals surface area contributed by atoms with Crippen molar-refractivity contribution in [3.05, 3.63) is 145 Å². The van der Waals surface area contributed by atoms with Crippen LogP contribution in [0.15, 0.2) is 95.1 Å². The van der Waals surface area contributed by atoms with E-state index in [-0.39, 0.29) is 0 Å². The Morgan fingerprint density at radius 1 is 0.902 bits per heavy atom. The molecule has 0 amide bonds. The molecule has 2 unspecified atom stereocenters. The first kappa shape index (κ1) is 37.0. The zero-order chi connectivity index (χ0) is 35.7. The van der Waals surface area contributed by atoms with Crippen LogP contribution in [0.25, 0.3) is 6.08 Å². The third kappa shape index (κ3) is 9.35. The van der Waals surface area contributed by atoms with Gasteiger partial charge in [-0.05, 0) is 160 Å². The second kappa shape index (κ2) is 17.6. The van der Waals surface area contributed by atoms with Crippen molar-refractivity contribution in [3.63, 3.8) is 0 Å². The summed E-state index contributed by atoms with van der Waals surface area (Å²) in [6.45, 7) is 15.9. The molecule has 0 heteroatoms. The minimum Gasteiger partial charge on any atom is -0.0976 e. The second-order valence-electron chi connectivity index (χ2n) is 16.2. The van der Waals surface area contributed by atoms with Crippen LogP contribution in [-0.2, 0) is 25.7 Å². The molecule has 0 heterocycles. The zero-order valence-corrected chi connectivity index (χ0v) is 32.5. The molecule has 266 valence electrons. The van der Waals surface area contributed by atoms with Crippen molar-refractivity contribution in [2.75, 3.05) is 0 Å². The fourth-order valence-corrected chi connectivity index (χ4v) is 9.02. The van der Waals surface area contributed by atoms with E-state index in [0.29, 0.717) is 11.8 Å². The van der Waals surface area contributed by atoms with Crippen LogP contribution in [0.3, 0.4) is 0 Å². The lowest BCUT2D eigenvalue weighted by Gasteiger charge is -2.29. The van der Waals surface area contributed by atoms with Gasteiger partial charge in [0, 0.05) is 17.9 Å². The van der Waals surface area contributed by atoms with Gasteiger partial charge >= 0.3 is 0 Å². The topological polar surface area (TPSA) is 0 Å². The third-order valence-corrected chi connectivity index (χ3v) is 12.1. The molecule has 0 spiro atoms. The average molecular weight is 675 g/mol. The average Bonchev–Trinajstić information content (AvgIpc) is 3.74. The lowest BCUT2D eigenvalue weighted by atomic mass is 9.75. The Morgan fingerprint density at radius 2 is 1.73 bits per heavy atom. The molecule has 0 radical (unpaired) electrons. The predicted molar refractivity (Wildman–Crippen MR) is 221 cm³/mol. The number of benzene rings is 3. The van der Waals surface area contributed by atoms with Crippen molar-refractivity contribution in [1.82, 2.24) is 0 Å². The van der Waals surface area contributed by atoms with E-state index in [1.54, 1.807) is 33.4 Å². The number of rotatable bonds is 15. The van der Waals surface area contributed by atoms with Crippen molar-refractivity contribution in [3.8, 4) is 11.8 Å². The molecule has 3 aromatic carbocycles. The van der Waals surface area contributed by atoms with E-state index >= 15 is 0 Å². The summed E-state index contributed by atoms with van der Waals surface area (Å²) in [6, 6.07) is 20.7. The summed E-state index contributed by atoms with van der Waals surface area (Å²) in [7, 11) is 0. The summed E-state index contributed by atoms with van der Waals surface area (Å²) in [5, 5.41) is 0. The van der Waals surface area contributed by atoms with Crippen molar-refractivity contribution in [2.24, 2.45) is 5.92 Å². The fourth-order valence-electron chi connectivity index (χ4n) is 9.02. The van der Waals surface area contributed by atoms with Gasteiger partial charge in [-0.1, -0.05) is 135 Å². The Balaban J connectivity index is 1.02. The standard InChI is InChI=1S/C51H62/c1-7-8-9-10-17-37(4)18-15-19-40-26-27-42(38(5)30-40)20-11-14-23-46-34-47(35-51(46)36(2)3)49-25-16-24-48-39(6)43(28-29-50(48)49)31-41-32-44-21-12-13-22-45(44)33-41/h12-13,21-22,26-30,32,35,37,49H,2,7-11,14,16-18,20,23-25,31,33-34H2,1,3-6H3. The van der Waals surface area contributed by atoms with Crippen LogP contribution < -0.4 is 0 Å². The first-order valence-corrected chi connectivity index (χ1v) is 20.4. The van der Waals surface area contributed by atoms with E-state index in [9.17, 15) is 0 Å². The van der Waals surface area contributed by atoms with Crippen LogP contribution in [0, 0.1) is 31.6 Å². The quantitative estimate of drug-likeness (QED) is 0.111. The molecule has 0 aromatic heterocycles. The van der Waals surface area contributed by atoms with Crippen LogP contribution in [0.4, 0.5) is 0 Å². The summed E-state index contributed by atoms with van der Waals surface area (Å²) in [4.78, 5) is 0. The number of hydrogen-bond donors (Lipinski definition) is 0. The van der Waals surface area contributed by atoms with Gasteiger partial charge in [0.15, 0.2) is 0 Å². The summed E-state index contributed by atoms with van der Waals surface area (Å²) >= 11 is 0. The van der Waals surface area contributed by atoms with Gasteiger partial charge in [-0.3, -0.25) is 0 Å². The molecule has 0 saturated heterocycles. The van der Waals surface area contributed by atoms with Gasteiger partial charge in [0.2, 0.25) is 0 Å². The third-order valence-electron chi connectivity index (χ3n) is 12.1. The molecule has 0 aliphatic heterocycles. The second-order valence-corrected chi connectivity index (χ2v) is 16.2. The molecule has 0 saturated carbocycles. The van der Waals surface area contributed by atoms with E-state index in [2.05, 4.69) is 120 Å². The number of fused-ring (bicyclic) bond motifs is 2. The highest BCUT2D eigenvalue weighted by Crippen LogP contribution is 2.46. The van der Waals surface area contributed by atoms with Crippen molar-refractivity contribution in [2.45, 2.75) is 143 Å². The molecule has 0 nitrogen and oxygen atoms in total. The number of allylic oxidation sites excluding steroid dienone is 6. The molecular formula is C51H62. The van der Waals surface area contributed by atoms with Crippen molar-refractivity contribution in [1.29, 1.82) is 0 Å². The number of aryl methyl sites for hydroxylation is 2. The van der Waals surface area contributed by atoms with Gasteiger partial charge in [-0.25, -0.2) is 0 Å². The van der Waals surface area contributed by atoms with E-state index in [4.69, 9.17) is 0 Å². The first-order valence-electron chi connectivity index (χ1n) is 20.4. The maximum atomic E-state index is 4.43. The van der Waals surface area contributed by atoms with Gasteiger partial charge in [-0.2, -0.15) is 0 Å². The molecule has 51 heavy (non-hydrogen) atoms. The van der Waals surface area contributed by atoms with Crippen LogP contribution in [0.2, 0.25) is 0 Å². The monoisotopic (exact) mass is 674 g/mol. The van der Waals surface area contributed by atoms with Gasteiger partial charge < -0.3 is 0 Å². The van der Waals surface area contributed by atoms with Crippen molar-refractivity contribution >= 4 is 6.08 Å². The maximum Gasteiger partial charge on any atom is 0.0248 e. The van der Waals surface area contributed by atoms with Gasteiger partial charge in [0.05, 0.1) is 0 Å². The maximum absolute atomic E-state index is 4.43. The number of hydrogen-bond acceptors (Lipinski definition) is 0. The molecule has 3 aliphatic rings. The Hall–Kier alpha value is -3.82. The zero-order valence-electron chi connectivity index (χ0n) is 32.5. The SMILES string of the molecule is C=C(C)C1=C(CCCCc2ccc(C#CCC(C)CCCCCC)cc2C)CC(C2CCCc3c2ccc(CC2=Cc4ccccc4C2)c3C)=C1. The lowest BCUT2D eigenvalue weighted by molar-refractivity contribution is 0.499. The Bertz CT molecular complexity index is 1870. The fraction of sp³-hybridized carbons (Fsp3) is 0.451. The smallest absolute Gasteiger partial charge is 0.0248 e.